The van der Waals surface area contributed by atoms with Crippen molar-refractivity contribution in [2.24, 2.45) is 0 Å². The fourth-order valence-electron chi connectivity index (χ4n) is 2.86. The zero-order valence-corrected chi connectivity index (χ0v) is 19.6. The van der Waals surface area contributed by atoms with Gasteiger partial charge in [-0.3, -0.25) is 9.59 Å². The summed E-state index contributed by atoms with van der Waals surface area (Å²) in [5.41, 5.74) is 1.37. The number of amides is 2. The molecule has 0 aliphatic carbocycles. The van der Waals surface area contributed by atoms with Crippen LogP contribution in [0, 0.1) is 0 Å². The molecule has 0 heterocycles. The van der Waals surface area contributed by atoms with E-state index in [9.17, 15) is 9.59 Å². The lowest BCUT2D eigenvalue weighted by Gasteiger charge is -2.13. The van der Waals surface area contributed by atoms with Crippen LogP contribution in [-0.4, -0.2) is 31.8 Å². The quantitative estimate of drug-likeness (QED) is 0.379. The van der Waals surface area contributed by atoms with E-state index in [-0.39, 0.29) is 17.6 Å². The van der Waals surface area contributed by atoms with E-state index in [1.807, 2.05) is 6.07 Å². The largest absolute Gasteiger partial charge is 0.496 e. The maximum atomic E-state index is 12.8. The van der Waals surface area contributed by atoms with Gasteiger partial charge in [-0.15, -0.1) is 11.8 Å². The fourth-order valence-corrected chi connectivity index (χ4v) is 4.07. The van der Waals surface area contributed by atoms with Crippen molar-refractivity contribution >= 4 is 58.2 Å². The highest BCUT2D eigenvalue weighted by atomic mass is 35.5. The van der Waals surface area contributed by atoms with Crippen molar-refractivity contribution in [3.05, 3.63) is 76.3 Å². The van der Waals surface area contributed by atoms with Gasteiger partial charge < -0.3 is 20.1 Å². The molecule has 0 saturated carbocycles. The normalized spacial score (nSPS) is 10.4. The number of benzene rings is 3. The van der Waals surface area contributed by atoms with E-state index in [0.717, 1.165) is 4.90 Å². The van der Waals surface area contributed by atoms with Gasteiger partial charge in [0.2, 0.25) is 5.91 Å². The molecular formula is C23H20Cl2N2O4S. The van der Waals surface area contributed by atoms with E-state index in [0.29, 0.717) is 38.5 Å². The van der Waals surface area contributed by atoms with Crippen LogP contribution in [0.4, 0.5) is 11.4 Å². The van der Waals surface area contributed by atoms with Crippen molar-refractivity contribution in [2.75, 3.05) is 30.6 Å². The van der Waals surface area contributed by atoms with Crippen LogP contribution in [0.25, 0.3) is 0 Å². The lowest BCUT2D eigenvalue weighted by Crippen LogP contribution is -2.15. The molecule has 0 aliphatic rings. The molecule has 0 radical (unpaired) electrons. The third kappa shape index (κ3) is 6.09. The van der Waals surface area contributed by atoms with Crippen LogP contribution in [-0.2, 0) is 4.79 Å². The number of nitrogens with one attached hydrogen (secondary N) is 2. The summed E-state index contributed by atoms with van der Waals surface area (Å²) in [4.78, 5) is 25.9. The highest BCUT2D eigenvalue weighted by Gasteiger charge is 2.18. The molecule has 0 unspecified atom stereocenters. The molecule has 32 heavy (non-hydrogen) atoms. The summed E-state index contributed by atoms with van der Waals surface area (Å²) in [6.07, 6.45) is 0. The van der Waals surface area contributed by atoms with Crippen molar-refractivity contribution in [1.29, 1.82) is 0 Å². The van der Waals surface area contributed by atoms with Gasteiger partial charge in [-0.2, -0.15) is 0 Å². The van der Waals surface area contributed by atoms with E-state index in [4.69, 9.17) is 32.7 Å². The van der Waals surface area contributed by atoms with Crippen LogP contribution >= 0.6 is 35.0 Å². The monoisotopic (exact) mass is 490 g/mol. The highest BCUT2D eigenvalue weighted by molar-refractivity contribution is 8.00. The van der Waals surface area contributed by atoms with Crippen LogP contribution in [0.5, 0.6) is 11.5 Å². The molecule has 0 fully saturated rings. The molecule has 3 rings (SSSR count). The standard InChI is InChI=1S/C23H20Cl2N2O4S/c1-30-19-7-4-8-20(31-2)22(19)23(29)26-15-5-3-6-16(12-15)32-13-21(28)27-18-10-9-14(24)11-17(18)25/h3-12H,13H2,1-2H3,(H,26,29)(H,27,28). The number of ether oxygens (including phenoxy) is 2. The van der Waals surface area contributed by atoms with Gasteiger partial charge in [0.25, 0.3) is 5.91 Å². The summed E-state index contributed by atoms with van der Waals surface area (Å²) >= 11 is 13.3. The van der Waals surface area contributed by atoms with Crippen molar-refractivity contribution in [3.63, 3.8) is 0 Å². The van der Waals surface area contributed by atoms with Gasteiger partial charge in [-0.1, -0.05) is 35.3 Å². The summed E-state index contributed by atoms with van der Waals surface area (Å²) in [7, 11) is 2.98. The van der Waals surface area contributed by atoms with Crippen molar-refractivity contribution < 1.29 is 19.1 Å². The average molecular weight is 491 g/mol. The van der Waals surface area contributed by atoms with Crippen molar-refractivity contribution in [3.8, 4) is 11.5 Å². The molecule has 166 valence electrons. The lowest BCUT2D eigenvalue weighted by molar-refractivity contribution is -0.113. The molecule has 2 amide bonds. The first-order chi connectivity index (χ1) is 15.4. The first-order valence-corrected chi connectivity index (χ1v) is 11.2. The zero-order chi connectivity index (χ0) is 23.1. The molecule has 0 aliphatic heterocycles. The predicted molar refractivity (Wildman–Crippen MR) is 130 cm³/mol. The molecule has 9 heteroatoms. The Bertz CT molecular complexity index is 1120. The van der Waals surface area contributed by atoms with Gasteiger partial charge in [-0.25, -0.2) is 0 Å². The van der Waals surface area contributed by atoms with Gasteiger partial charge in [0.1, 0.15) is 17.1 Å². The number of hydrogen-bond donors (Lipinski definition) is 2. The van der Waals surface area contributed by atoms with Crippen LogP contribution in [0.15, 0.2) is 65.6 Å². The Morgan fingerprint density at radius 3 is 2.25 bits per heavy atom. The van der Waals surface area contributed by atoms with Gasteiger partial charge >= 0.3 is 0 Å². The minimum absolute atomic E-state index is 0.163. The SMILES string of the molecule is COc1cccc(OC)c1C(=O)Nc1cccc(SCC(=O)Nc2ccc(Cl)cc2Cl)c1. The predicted octanol–water partition coefficient (Wildman–Crippen LogP) is 5.99. The Hall–Kier alpha value is -2.87. The maximum Gasteiger partial charge on any atom is 0.263 e. The van der Waals surface area contributed by atoms with Gasteiger partial charge in [0.15, 0.2) is 0 Å². The zero-order valence-electron chi connectivity index (χ0n) is 17.3. The third-order valence-corrected chi connectivity index (χ3v) is 5.86. The number of carbonyl (C=O) groups excluding carboxylic acids is 2. The number of carbonyl (C=O) groups is 2. The smallest absolute Gasteiger partial charge is 0.263 e. The number of rotatable bonds is 8. The molecule has 0 bridgehead atoms. The average Bonchev–Trinajstić information content (AvgIpc) is 2.79. The molecule has 0 atom stereocenters. The second kappa shape index (κ2) is 11.1. The van der Waals surface area contributed by atoms with Crippen LogP contribution in [0.1, 0.15) is 10.4 Å². The number of methoxy groups -OCH3 is 2. The van der Waals surface area contributed by atoms with Gasteiger partial charge in [0.05, 0.1) is 30.7 Å². The molecule has 3 aromatic rings. The number of halogens is 2. The van der Waals surface area contributed by atoms with E-state index < -0.39 is 0 Å². The molecule has 0 saturated heterocycles. The number of thioether (sulfide) groups is 1. The topological polar surface area (TPSA) is 76.7 Å². The maximum absolute atomic E-state index is 12.8. The van der Waals surface area contributed by atoms with E-state index in [1.54, 1.807) is 54.6 Å². The first kappa shape index (κ1) is 23.8. The second-order valence-electron chi connectivity index (χ2n) is 6.48. The Kier molecular flexibility index (Phi) is 8.27. The lowest BCUT2D eigenvalue weighted by atomic mass is 10.1. The second-order valence-corrected chi connectivity index (χ2v) is 8.37. The molecular weight excluding hydrogens is 471 g/mol. The Morgan fingerprint density at radius 1 is 0.906 bits per heavy atom. The molecule has 3 aromatic carbocycles. The Morgan fingerprint density at radius 2 is 1.59 bits per heavy atom. The van der Waals surface area contributed by atoms with Gasteiger partial charge in [0, 0.05) is 15.6 Å². The summed E-state index contributed by atoms with van der Waals surface area (Å²) in [5.74, 6) is 0.398. The van der Waals surface area contributed by atoms with Crippen LogP contribution < -0.4 is 20.1 Å². The fraction of sp³-hybridized carbons (Fsp3) is 0.130. The van der Waals surface area contributed by atoms with Gasteiger partial charge in [-0.05, 0) is 48.5 Å². The summed E-state index contributed by atoms with van der Waals surface area (Å²) in [6, 6.07) is 17.2. The molecule has 2 N–H and O–H groups in total. The molecule has 0 aromatic heterocycles. The Labute approximate surface area is 200 Å². The van der Waals surface area contributed by atoms with Crippen molar-refractivity contribution in [2.45, 2.75) is 4.90 Å². The summed E-state index contributed by atoms with van der Waals surface area (Å²) in [5, 5.41) is 6.46. The molecule has 0 spiro atoms. The minimum atomic E-state index is -0.364. The Balaban J connectivity index is 1.64. The number of anilines is 2. The minimum Gasteiger partial charge on any atom is -0.496 e. The number of hydrogen-bond acceptors (Lipinski definition) is 5. The van der Waals surface area contributed by atoms with Crippen molar-refractivity contribution in [1.82, 2.24) is 0 Å². The van der Waals surface area contributed by atoms with E-state index in [2.05, 4.69) is 10.6 Å². The van der Waals surface area contributed by atoms with E-state index in [1.165, 1.54) is 26.0 Å². The van der Waals surface area contributed by atoms with Crippen LogP contribution in [0.3, 0.4) is 0 Å². The highest BCUT2D eigenvalue weighted by Crippen LogP contribution is 2.30. The molecule has 6 nitrogen and oxygen atoms in total. The third-order valence-electron chi connectivity index (χ3n) is 4.32. The summed E-state index contributed by atoms with van der Waals surface area (Å²) in [6.45, 7) is 0. The van der Waals surface area contributed by atoms with Crippen LogP contribution in [0.2, 0.25) is 10.0 Å². The van der Waals surface area contributed by atoms with E-state index >= 15 is 0 Å². The first-order valence-electron chi connectivity index (χ1n) is 9.41. The summed E-state index contributed by atoms with van der Waals surface area (Å²) < 4.78 is 10.6.